The zero-order chi connectivity index (χ0) is 26.2. The van der Waals surface area contributed by atoms with Gasteiger partial charge in [-0.3, -0.25) is 14.3 Å². The van der Waals surface area contributed by atoms with E-state index in [1.165, 1.54) is 22.0 Å². The summed E-state index contributed by atoms with van der Waals surface area (Å²) >= 11 is 0. The summed E-state index contributed by atoms with van der Waals surface area (Å²) in [6, 6.07) is 21.7. The van der Waals surface area contributed by atoms with Gasteiger partial charge in [-0.15, -0.1) is 24.8 Å². The van der Waals surface area contributed by atoms with Gasteiger partial charge in [0.05, 0.1) is 23.2 Å². The second-order valence-corrected chi connectivity index (χ2v) is 10.1. The van der Waals surface area contributed by atoms with Gasteiger partial charge in [-0.25, -0.2) is 9.78 Å². The number of carbonyl (C=O) groups is 1. The Labute approximate surface area is 247 Å². The molecular formula is C31H35Cl2N5O2. The molecule has 6 rings (SSSR count). The Bertz CT molecular complexity index is 1650. The zero-order valence-corrected chi connectivity index (χ0v) is 24.7. The first-order valence-corrected chi connectivity index (χ1v) is 13.4. The largest absolute Gasteiger partial charge is 0.461 e. The topological polar surface area (TPSA) is 63.0 Å². The molecule has 0 bridgehead atoms. The Kier molecular flexibility index (Phi) is 9.19. The van der Waals surface area contributed by atoms with E-state index in [1.807, 2.05) is 17.4 Å². The first kappa shape index (κ1) is 29.6. The molecular weight excluding hydrogens is 545 g/mol. The maximum atomic E-state index is 12.3. The highest BCUT2D eigenvalue weighted by Gasteiger charge is 2.25. The number of esters is 1. The van der Waals surface area contributed by atoms with Gasteiger partial charge in [0.1, 0.15) is 6.33 Å². The van der Waals surface area contributed by atoms with Gasteiger partial charge in [-0.1, -0.05) is 24.3 Å². The molecule has 7 nitrogen and oxygen atoms in total. The fraction of sp³-hybridized carbons (Fsp3) is 0.323. The molecule has 1 atom stereocenters. The zero-order valence-electron chi connectivity index (χ0n) is 23.0. The molecule has 0 saturated carbocycles. The van der Waals surface area contributed by atoms with E-state index in [2.05, 4.69) is 76.3 Å². The molecule has 1 fully saturated rings. The predicted octanol–water partition coefficient (Wildman–Crippen LogP) is 6.12. The van der Waals surface area contributed by atoms with Crippen LogP contribution >= 0.6 is 24.8 Å². The van der Waals surface area contributed by atoms with Crippen molar-refractivity contribution < 1.29 is 9.53 Å². The molecule has 0 aliphatic carbocycles. The van der Waals surface area contributed by atoms with Crippen molar-refractivity contribution in [3.8, 4) is 0 Å². The van der Waals surface area contributed by atoms with Gasteiger partial charge in [0.25, 0.3) is 0 Å². The van der Waals surface area contributed by atoms with E-state index in [0.29, 0.717) is 18.3 Å². The highest BCUT2D eigenvalue weighted by atomic mass is 35.5. The second kappa shape index (κ2) is 12.4. The van der Waals surface area contributed by atoms with E-state index in [-0.39, 0.29) is 30.8 Å². The Balaban J connectivity index is 0.00000185. The smallest absolute Gasteiger partial charge is 0.359 e. The Morgan fingerprint density at radius 3 is 2.58 bits per heavy atom. The van der Waals surface area contributed by atoms with Crippen LogP contribution in [0.3, 0.4) is 0 Å². The van der Waals surface area contributed by atoms with Gasteiger partial charge >= 0.3 is 5.97 Å². The molecule has 3 aromatic heterocycles. The maximum absolute atomic E-state index is 12.3. The van der Waals surface area contributed by atoms with E-state index in [0.717, 1.165) is 54.8 Å². The minimum absolute atomic E-state index is 0. The van der Waals surface area contributed by atoms with Crippen LogP contribution in [0.2, 0.25) is 0 Å². The van der Waals surface area contributed by atoms with E-state index in [1.54, 1.807) is 13.3 Å². The van der Waals surface area contributed by atoms with Crippen molar-refractivity contribution in [3.05, 3.63) is 83.9 Å². The number of benzene rings is 2. The number of piperazine rings is 1. The third-order valence-corrected chi connectivity index (χ3v) is 7.74. The molecule has 9 heteroatoms. The van der Waals surface area contributed by atoms with Crippen molar-refractivity contribution in [1.82, 2.24) is 19.3 Å². The molecule has 1 aliphatic rings. The number of hydrogen-bond donors (Lipinski definition) is 0. The van der Waals surface area contributed by atoms with E-state index in [9.17, 15) is 4.79 Å². The summed E-state index contributed by atoms with van der Waals surface area (Å²) in [6.07, 6.45) is 2.68. The summed E-state index contributed by atoms with van der Waals surface area (Å²) in [5, 5.41) is 2.42. The van der Waals surface area contributed by atoms with E-state index >= 15 is 0 Å². The quantitative estimate of drug-likeness (QED) is 0.226. The third kappa shape index (κ3) is 5.46. The maximum Gasteiger partial charge on any atom is 0.359 e. The number of anilines is 1. The molecule has 0 N–H and O–H groups in total. The standard InChI is InChI=1S/C31H33N5O2.2ClH/c1-4-38-31(37)30-29-14-13-24-23(7-5-10-28(24)36(29)20-32-30)15-16-34-17-18-35(19-22(34)3)27-9-6-8-26-25(27)12-11-21(2)33-26;;/h5-14,20,22H,4,15-19H2,1-3H3;2*1H/t22-;;/m1../s1. The van der Waals surface area contributed by atoms with Crippen LogP contribution in [0.4, 0.5) is 5.69 Å². The number of nitrogens with zero attached hydrogens (tertiary/aromatic N) is 5. The number of pyridine rings is 2. The summed E-state index contributed by atoms with van der Waals surface area (Å²) in [4.78, 5) is 26.5. The molecule has 210 valence electrons. The number of fused-ring (bicyclic) bond motifs is 4. The number of hydrogen-bond acceptors (Lipinski definition) is 6. The summed E-state index contributed by atoms with van der Waals surface area (Å²) < 4.78 is 7.17. The van der Waals surface area contributed by atoms with Crippen LogP contribution < -0.4 is 4.90 Å². The van der Waals surface area contributed by atoms with Crippen molar-refractivity contribution in [2.45, 2.75) is 33.2 Å². The molecule has 0 unspecified atom stereocenters. The van der Waals surface area contributed by atoms with Crippen molar-refractivity contribution in [2.24, 2.45) is 0 Å². The highest BCUT2D eigenvalue weighted by molar-refractivity contribution is 5.97. The van der Waals surface area contributed by atoms with Gasteiger partial charge in [-0.2, -0.15) is 0 Å². The Morgan fingerprint density at radius 2 is 1.77 bits per heavy atom. The lowest BCUT2D eigenvalue weighted by Crippen LogP contribution is -2.52. The first-order chi connectivity index (χ1) is 18.5. The lowest BCUT2D eigenvalue weighted by atomic mass is 10.0. The monoisotopic (exact) mass is 579 g/mol. The van der Waals surface area contributed by atoms with Gasteiger partial charge in [0.15, 0.2) is 5.69 Å². The fourth-order valence-corrected chi connectivity index (χ4v) is 5.77. The average Bonchev–Trinajstić information content (AvgIpc) is 3.37. The molecule has 2 aromatic carbocycles. The summed E-state index contributed by atoms with van der Waals surface area (Å²) in [6.45, 7) is 10.5. The minimum atomic E-state index is -0.381. The molecule has 5 aromatic rings. The highest BCUT2D eigenvalue weighted by Crippen LogP contribution is 2.29. The lowest BCUT2D eigenvalue weighted by Gasteiger charge is -2.41. The van der Waals surface area contributed by atoms with Crippen LogP contribution in [0.1, 0.15) is 35.6 Å². The second-order valence-electron chi connectivity index (χ2n) is 10.1. The number of rotatable bonds is 6. The van der Waals surface area contributed by atoms with Crippen LogP contribution in [0.15, 0.2) is 67.0 Å². The fourth-order valence-electron chi connectivity index (χ4n) is 5.77. The van der Waals surface area contributed by atoms with Gasteiger partial charge in [0, 0.05) is 54.4 Å². The van der Waals surface area contributed by atoms with Crippen molar-refractivity contribution in [2.75, 3.05) is 37.7 Å². The molecule has 1 saturated heterocycles. The summed E-state index contributed by atoms with van der Waals surface area (Å²) in [5.74, 6) is -0.381. The molecule has 40 heavy (non-hydrogen) atoms. The first-order valence-electron chi connectivity index (χ1n) is 13.4. The van der Waals surface area contributed by atoms with Gasteiger partial charge in [-0.05, 0) is 69.2 Å². The van der Waals surface area contributed by atoms with Crippen LogP contribution in [-0.2, 0) is 11.2 Å². The SMILES string of the molecule is CCOC(=O)c1ncn2c1ccc1c(CCN3CCN(c4cccc5nc(C)ccc45)C[C@H]3C)cccc12.Cl.Cl. The van der Waals surface area contributed by atoms with E-state index < -0.39 is 0 Å². The number of carbonyl (C=O) groups excluding carboxylic acids is 1. The van der Waals surface area contributed by atoms with Crippen LogP contribution in [0.25, 0.3) is 27.3 Å². The minimum Gasteiger partial charge on any atom is -0.461 e. The van der Waals surface area contributed by atoms with Gasteiger partial charge in [0.2, 0.25) is 0 Å². The van der Waals surface area contributed by atoms with Gasteiger partial charge < -0.3 is 9.64 Å². The van der Waals surface area contributed by atoms with Crippen LogP contribution in [-0.4, -0.2) is 64.1 Å². The lowest BCUT2D eigenvalue weighted by molar-refractivity contribution is 0.0522. The number of imidazole rings is 1. The predicted molar refractivity (Wildman–Crippen MR) is 167 cm³/mol. The average molecular weight is 581 g/mol. The number of aryl methyl sites for hydroxylation is 1. The van der Waals surface area contributed by atoms with Crippen molar-refractivity contribution >= 4 is 63.8 Å². The molecule has 0 spiro atoms. The molecule has 0 radical (unpaired) electrons. The number of aromatic nitrogens is 3. The number of ether oxygens (including phenoxy) is 1. The van der Waals surface area contributed by atoms with Crippen molar-refractivity contribution in [1.29, 1.82) is 0 Å². The summed E-state index contributed by atoms with van der Waals surface area (Å²) in [5.41, 5.74) is 6.90. The molecule has 1 aliphatic heterocycles. The Hall–Kier alpha value is -3.39. The van der Waals surface area contributed by atoms with Crippen LogP contribution in [0, 0.1) is 6.92 Å². The summed E-state index contributed by atoms with van der Waals surface area (Å²) in [7, 11) is 0. The third-order valence-electron chi connectivity index (χ3n) is 7.74. The normalized spacial score (nSPS) is 15.7. The van der Waals surface area contributed by atoms with Crippen molar-refractivity contribution in [3.63, 3.8) is 0 Å². The van der Waals surface area contributed by atoms with E-state index in [4.69, 9.17) is 9.72 Å². The van der Waals surface area contributed by atoms with Crippen LogP contribution in [0.5, 0.6) is 0 Å². The molecule has 0 amide bonds. The molecule has 4 heterocycles. The number of halogens is 2. The Morgan fingerprint density at radius 1 is 0.975 bits per heavy atom.